The van der Waals surface area contributed by atoms with Crippen LogP contribution in [0.5, 0.6) is 0 Å². The minimum Gasteiger partial charge on any atom is -0.381 e. The standard InChI is InChI=1S/C26H35N4O3/c1-18(24(27)32)10-15-23(31)29-22(25(33)30-26(2,3)4)16-19-11-13-21(14-12-19)28-17-20-8-6-5-7-9-20/h5-9,11-15,18,22,28H,10,16-17H2,1-4H3,(H2,27,32)(H,29,31)(H,30,33). The van der Waals surface area contributed by atoms with Gasteiger partial charge in [-0.15, -0.1) is 0 Å². The van der Waals surface area contributed by atoms with Crippen molar-refractivity contribution in [1.29, 1.82) is 0 Å². The first-order valence-corrected chi connectivity index (χ1v) is 11.2. The maximum absolute atomic E-state index is 12.8. The predicted octanol–water partition coefficient (Wildman–Crippen LogP) is 2.96. The van der Waals surface area contributed by atoms with Crippen molar-refractivity contribution in [2.75, 3.05) is 5.32 Å². The third-order valence-electron chi connectivity index (χ3n) is 5.01. The number of carbonyl (C=O) groups excluding carboxylic acids is 3. The first-order valence-electron chi connectivity index (χ1n) is 11.2. The molecular weight excluding hydrogens is 416 g/mol. The normalized spacial score (nSPS) is 13.0. The van der Waals surface area contributed by atoms with Crippen molar-refractivity contribution in [2.24, 2.45) is 11.7 Å². The number of hydrogen-bond donors (Lipinski definition) is 4. The Balaban J connectivity index is 2.01. The average molecular weight is 452 g/mol. The van der Waals surface area contributed by atoms with Crippen molar-refractivity contribution in [2.45, 2.75) is 58.7 Å². The highest BCUT2D eigenvalue weighted by Crippen LogP contribution is 2.14. The summed E-state index contributed by atoms with van der Waals surface area (Å²) in [5.41, 5.74) is 7.89. The lowest BCUT2D eigenvalue weighted by atomic mass is 10.0. The topological polar surface area (TPSA) is 113 Å². The van der Waals surface area contributed by atoms with Crippen LogP contribution in [0.4, 0.5) is 5.69 Å². The Morgan fingerprint density at radius 1 is 0.970 bits per heavy atom. The fraction of sp³-hybridized carbons (Fsp3) is 0.385. The summed E-state index contributed by atoms with van der Waals surface area (Å²) in [4.78, 5) is 36.4. The molecule has 0 aliphatic rings. The second-order valence-electron chi connectivity index (χ2n) is 9.28. The van der Waals surface area contributed by atoms with Crippen LogP contribution in [-0.4, -0.2) is 29.3 Å². The molecule has 0 aliphatic heterocycles. The Bertz CT molecular complexity index is 921. The maximum atomic E-state index is 12.8. The van der Waals surface area contributed by atoms with Crippen LogP contribution in [0.25, 0.3) is 0 Å². The number of nitrogens with two attached hydrogens (primary N) is 1. The average Bonchev–Trinajstić information content (AvgIpc) is 2.76. The maximum Gasteiger partial charge on any atom is 0.243 e. The minimum absolute atomic E-state index is 0.219. The Morgan fingerprint density at radius 2 is 1.61 bits per heavy atom. The lowest BCUT2D eigenvalue weighted by molar-refractivity contribution is -0.128. The molecule has 0 aromatic heterocycles. The number of anilines is 1. The van der Waals surface area contributed by atoms with Gasteiger partial charge in [-0.3, -0.25) is 14.4 Å². The zero-order valence-corrected chi connectivity index (χ0v) is 19.9. The molecular formula is C26H35N4O3. The molecule has 0 fully saturated rings. The highest BCUT2D eigenvalue weighted by Gasteiger charge is 2.25. The van der Waals surface area contributed by atoms with E-state index in [9.17, 15) is 14.4 Å². The fourth-order valence-corrected chi connectivity index (χ4v) is 3.09. The molecule has 177 valence electrons. The van der Waals surface area contributed by atoms with Crippen molar-refractivity contribution in [3.05, 3.63) is 72.1 Å². The Hall–Kier alpha value is -3.35. The second kappa shape index (κ2) is 12.0. The molecule has 2 rings (SSSR count). The third kappa shape index (κ3) is 9.76. The lowest BCUT2D eigenvalue weighted by Gasteiger charge is -2.26. The Kier molecular flexibility index (Phi) is 9.45. The minimum atomic E-state index is -0.750. The van der Waals surface area contributed by atoms with E-state index in [4.69, 9.17) is 5.73 Å². The van der Waals surface area contributed by atoms with E-state index in [0.717, 1.165) is 11.3 Å². The summed E-state index contributed by atoms with van der Waals surface area (Å²) >= 11 is 0. The molecule has 2 aromatic carbocycles. The predicted molar refractivity (Wildman–Crippen MR) is 131 cm³/mol. The van der Waals surface area contributed by atoms with Crippen LogP contribution < -0.4 is 21.7 Å². The van der Waals surface area contributed by atoms with Crippen LogP contribution in [0.15, 0.2) is 54.6 Å². The van der Waals surface area contributed by atoms with Crippen LogP contribution >= 0.6 is 0 Å². The molecule has 0 saturated heterocycles. The van der Waals surface area contributed by atoms with Crippen LogP contribution in [0.2, 0.25) is 0 Å². The fourth-order valence-electron chi connectivity index (χ4n) is 3.09. The van der Waals surface area contributed by atoms with Crippen molar-refractivity contribution in [3.63, 3.8) is 0 Å². The SMILES string of the molecule is CC(C[CH]C(=O)NC(Cc1ccc(NCc2ccccc2)cc1)C(=O)NC(C)(C)C)C(N)=O. The number of carbonyl (C=O) groups is 3. The van der Waals surface area contributed by atoms with Gasteiger partial charge in [0.2, 0.25) is 17.7 Å². The van der Waals surface area contributed by atoms with Crippen molar-refractivity contribution >= 4 is 23.4 Å². The summed E-state index contributed by atoms with van der Waals surface area (Å²) in [6, 6.07) is 17.2. The van der Waals surface area contributed by atoms with Gasteiger partial charge in [0.25, 0.3) is 0 Å². The zero-order valence-electron chi connectivity index (χ0n) is 19.9. The Morgan fingerprint density at radius 3 is 2.18 bits per heavy atom. The second-order valence-corrected chi connectivity index (χ2v) is 9.28. The summed E-state index contributed by atoms with van der Waals surface area (Å²) in [6.07, 6.45) is 1.92. The van der Waals surface area contributed by atoms with Gasteiger partial charge in [-0.25, -0.2) is 0 Å². The smallest absolute Gasteiger partial charge is 0.243 e. The van der Waals surface area contributed by atoms with E-state index in [1.54, 1.807) is 6.92 Å². The molecule has 2 unspecified atom stereocenters. The van der Waals surface area contributed by atoms with E-state index in [1.807, 2.05) is 63.2 Å². The third-order valence-corrected chi connectivity index (χ3v) is 5.01. The van der Waals surface area contributed by atoms with Crippen molar-refractivity contribution in [1.82, 2.24) is 10.6 Å². The molecule has 0 heterocycles. The first-order chi connectivity index (χ1) is 15.5. The number of rotatable bonds is 11. The molecule has 5 N–H and O–H groups in total. The van der Waals surface area contributed by atoms with Crippen LogP contribution in [-0.2, 0) is 27.3 Å². The summed E-state index contributed by atoms with van der Waals surface area (Å²) in [7, 11) is 0. The Labute approximate surface area is 196 Å². The molecule has 7 nitrogen and oxygen atoms in total. The van der Waals surface area contributed by atoms with E-state index in [1.165, 1.54) is 12.0 Å². The summed E-state index contributed by atoms with van der Waals surface area (Å²) in [6.45, 7) is 8.03. The van der Waals surface area contributed by atoms with E-state index in [-0.39, 0.29) is 12.3 Å². The summed E-state index contributed by atoms with van der Waals surface area (Å²) < 4.78 is 0. The van der Waals surface area contributed by atoms with Gasteiger partial charge in [-0.1, -0.05) is 49.4 Å². The van der Waals surface area contributed by atoms with Gasteiger partial charge in [0.15, 0.2) is 0 Å². The zero-order chi connectivity index (χ0) is 24.4. The van der Waals surface area contributed by atoms with Crippen molar-refractivity contribution < 1.29 is 14.4 Å². The van der Waals surface area contributed by atoms with Crippen LogP contribution in [0, 0.1) is 12.3 Å². The van der Waals surface area contributed by atoms with Gasteiger partial charge in [0, 0.05) is 30.1 Å². The van der Waals surface area contributed by atoms with Gasteiger partial charge < -0.3 is 21.7 Å². The number of benzene rings is 2. The van der Waals surface area contributed by atoms with E-state index >= 15 is 0 Å². The first kappa shape index (κ1) is 25.9. The van der Waals surface area contributed by atoms with Gasteiger partial charge in [-0.05, 0) is 50.5 Å². The molecule has 3 amide bonds. The number of nitrogens with one attached hydrogen (secondary N) is 3. The molecule has 2 atom stereocenters. The number of amides is 3. The molecule has 1 radical (unpaired) electrons. The molecule has 0 spiro atoms. The monoisotopic (exact) mass is 451 g/mol. The van der Waals surface area contributed by atoms with Gasteiger partial charge in [-0.2, -0.15) is 0 Å². The highest BCUT2D eigenvalue weighted by atomic mass is 16.2. The molecule has 7 heteroatoms. The molecule has 0 saturated carbocycles. The summed E-state index contributed by atoms with van der Waals surface area (Å²) in [5, 5.41) is 9.07. The largest absolute Gasteiger partial charge is 0.381 e. The molecule has 0 aliphatic carbocycles. The number of primary amides is 1. The molecule has 0 bridgehead atoms. The van der Waals surface area contributed by atoms with Crippen molar-refractivity contribution in [3.8, 4) is 0 Å². The van der Waals surface area contributed by atoms with E-state index in [0.29, 0.717) is 13.0 Å². The van der Waals surface area contributed by atoms with Crippen LogP contribution in [0.3, 0.4) is 0 Å². The van der Waals surface area contributed by atoms with Gasteiger partial charge in [0.1, 0.15) is 6.04 Å². The highest BCUT2D eigenvalue weighted by molar-refractivity contribution is 5.92. The van der Waals surface area contributed by atoms with E-state index < -0.39 is 29.3 Å². The van der Waals surface area contributed by atoms with Crippen LogP contribution in [0.1, 0.15) is 45.2 Å². The molecule has 33 heavy (non-hydrogen) atoms. The lowest BCUT2D eigenvalue weighted by Crippen LogP contribution is -2.53. The van der Waals surface area contributed by atoms with Gasteiger partial charge >= 0.3 is 0 Å². The number of hydrogen-bond acceptors (Lipinski definition) is 4. The van der Waals surface area contributed by atoms with E-state index in [2.05, 4.69) is 28.1 Å². The van der Waals surface area contributed by atoms with Gasteiger partial charge in [0.05, 0.1) is 6.42 Å². The molecule has 2 aromatic rings. The summed E-state index contributed by atoms with van der Waals surface area (Å²) in [5.74, 6) is -1.59. The quantitative estimate of drug-likeness (QED) is 0.421.